The number of hydrogen-bond donors (Lipinski definition) is 2. The van der Waals surface area contributed by atoms with Crippen molar-refractivity contribution in [1.82, 2.24) is 10.2 Å². The average molecular weight is 322 g/mol. The zero-order chi connectivity index (χ0) is 17.0. The molecule has 1 aliphatic heterocycles. The molecule has 1 aliphatic rings. The fourth-order valence-corrected chi connectivity index (χ4v) is 2.83. The number of phenolic OH excluding ortho intramolecular Hbond substituents is 1. The summed E-state index contributed by atoms with van der Waals surface area (Å²) in [6.07, 6.45) is 1.67. The van der Waals surface area contributed by atoms with Gasteiger partial charge in [-0.1, -0.05) is 6.07 Å². The van der Waals surface area contributed by atoms with Crippen molar-refractivity contribution in [2.75, 3.05) is 20.8 Å². The standard InChI is InChI=1S/C17H26N2O4/c1-17(2)10-13(7-8-23-17)19(3)16(21)18-11-12-5-6-14(20)15(9-12)22-4/h5-6,9,13,20H,7-8,10-11H2,1-4H3,(H,18,21). The van der Waals surface area contributed by atoms with Crippen molar-refractivity contribution < 1.29 is 19.4 Å². The second kappa shape index (κ2) is 7.08. The summed E-state index contributed by atoms with van der Waals surface area (Å²) in [5.41, 5.74) is 0.676. The second-order valence-corrected chi connectivity index (χ2v) is 6.53. The van der Waals surface area contributed by atoms with Gasteiger partial charge in [-0.25, -0.2) is 4.79 Å². The summed E-state index contributed by atoms with van der Waals surface area (Å²) >= 11 is 0. The van der Waals surface area contributed by atoms with Crippen LogP contribution in [0.2, 0.25) is 0 Å². The Hall–Kier alpha value is -1.95. The Bertz CT molecular complexity index is 560. The molecule has 1 aromatic rings. The molecule has 0 aliphatic carbocycles. The van der Waals surface area contributed by atoms with Gasteiger partial charge in [0.05, 0.1) is 12.7 Å². The summed E-state index contributed by atoms with van der Waals surface area (Å²) in [6, 6.07) is 5.10. The van der Waals surface area contributed by atoms with Gasteiger partial charge < -0.3 is 24.8 Å². The van der Waals surface area contributed by atoms with Gasteiger partial charge in [0.2, 0.25) is 0 Å². The molecule has 0 spiro atoms. The predicted octanol–water partition coefficient (Wildman–Crippen LogP) is 2.50. The molecule has 6 nitrogen and oxygen atoms in total. The maximum atomic E-state index is 12.3. The first-order valence-electron chi connectivity index (χ1n) is 7.83. The van der Waals surface area contributed by atoms with Crippen LogP contribution in [0.5, 0.6) is 11.5 Å². The van der Waals surface area contributed by atoms with Gasteiger partial charge in [0.15, 0.2) is 11.5 Å². The van der Waals surface area contributed by atoms with Crippen molar-refractivity contribution in [1.29, 1.82) is 0 Å². The van der Waals surface area contributed by atoms with E-state index in [-0.39, 0.29) is 23.4 Å². The quantitative estimate of drug-likeness (QED) is 0.893. The third kappa shape index (κ3) is 4.51. The fraction of sp³-hybridized carbons (Fsp3) is 0.588. The van der Waals surface area contributed by atoms with Crippen molar-refractivity contribution in [3.8, 4) is 11.5 Å². The topological polar surface area (TPSA) is 71.0 Å². The van der Waals surface area contributed by atoms with Crippen molar-refractivity contribution in [3.63, 3.8) is 0 Å². The highest BCUT2D eigenvalue weighted by Gasteiger charge is 2.32. The number of phenols is 1. The normalized spacial score (nSPS) is 19.9. The molecule has 6 heteroatoms. The van der Waals surface area contributed by atoms with E-state index in [1.807, 2.05) is 20.9 Å². The van der Waals surface area contributed by atoms with E-state index in [1.54, 1.807) is 23.1 Å². The smallest absolute Gasteiger partial charge is 0.317 e. The molecule has 2 N–H and O–H groups in total. The molecule has 0 radical (unpaired) electrons. The summed E-state index contributed by atoms with van der Waals surface area (Å²) in [6.45, 7) is 5.15. The summed E-state index contributed by atoms with van der Waals surface area (Å²) in [5.74, 6) is 0.486. The van der Waals surface area contributed by atoms with Crippen molar-refractivity contribution in [2.45, 2.75) is 44.9 Å². The maximum Gasteiger partial charge on any atom is 0.317 e. The van der Waals surface area contributed by atoms with Crippen LogP contribution in [0.25, 0.3) is 0 Å². The molecule has 1 heterocycles. The summed E-state index contributed by atoms with van der Waals surface area (Å²) in [5, 5.41) is 12.5. The lowest BCUT2D eigenvalue weighted by Crippen LogP contribution is -2.49. The maximum absolute atomic E-state index is 12.3. The van der Waals surface area contributed by atoms with Gasteiger partial charge in [-0.05, 0) is 44.4 Å². The number of ether oxygens (including phenoxy) is 2. The zero-order valence-corrected chi connectivity index (χ0v) is 14.3. The minimum absolute atomic E-state index is 0.0872. The molecule has 128 valence electrons. The van der Waals surface area contributed by atoms with E-state index in [1.165, 1.54) is 7.11 Å². The van der Waals surface area contributed by atoms with Crippen molar-refractivity contribution in [2.24, 2.45) is 0 Å². The van der Waals surface area contributed by atoms with Gasteiger partial charge in [0.1, 0.15) is 0 Å². The van der Waals surface area contributed by atoms with E-state index < -0.39 is 0 Å². The molecular weight excluding hydrogens is 296 g/mol. The van der Waals surface area contributed by atoms with E-state index in [0.717, 1.165) is 18.4 Å². The predicted molar refractivity (Wildman–Crippen MR) is 87.7 cm³/mol. The van der Waals surface area contributed by atoms with Crippen LogP contribution in [0.15, 0.2) is 18.2 Å². The molecule has 23 heavy (non-hydrogen) atoms. The highest BCUT2D eigenvalue weighted by molar-refractivity contribution is 5.74. The number of methoxy groups -OCH3 is 1. The van der Waals surface area contributed by atoms with Gasteiger partial charge in [0.25, 0.3) is 0 Å². The number of carbonyl (C=O) groups is 1. The molecule has 1 aromatic carbocycles. The van der Waals surface area contributed by atoms with E-state index in [4.69, 9.17) is 9.47 Å². The first-order valence-corrected chi connectivity index (χ1v) is 7.83. The van der Waals surface area contributed by atoms with E-state index in [9.17, 15) is 9.90 Å². The molecule has 2 rings (SSSR count). The monoisotopic (exact) mass is 322 g/mol. The minimum atomic E-state index is -0.193. The Labute approximate surface area is 137 Å². The van der Waals surface area contributed by atoms with Crippen molar-refractivity contribution in [3.05, 3.63) is 23.8 Å². The lowest BCUT2D eigenvalue weighted by molar-refractivity contribution is -0.0744. The van der Waals surface area contributed by atoms with Crippen molar-refractivity contribution >= 4 is 6.03 Å². The average Bonchev–Trinajstić information content (AvgIpc) is 2.52. The number of rotatable bonds is 4. The van der Waals surface area contributed by atoms with Crippen LogP contribution in [0, 0.1) is 0 Å². The van der Waals surface area contributed by atoms with Crippen LogP contribution in [-0.2, 0) is 11.3 Å². The van der Waals surface area contributed by atoms with E-state index in [2.05, 4.69) is 5.32 Å². The van der Waals surface area contributed by atoms with Crippen LogP contribution in [-0.4, -0.2) is 48.4 Å². The molecule has 0 aromatic heterocycles. The molecule has 2 amide bonds. The third-order valence-corrected chi connectivity index (χ3v) is 4.23. The van der Waals surface area contributed by atoms with Gasteiger partial charge >= 0.3 is 6.03 Å². The van der Waals surface area contributed by atoms with Gasteiger partial charge in [-0.3, -0.25) is 0 Å². The summed E-state index contributed by atoms with van der Waals surface area (Å²) in [4.78, 5) is 14.1. The number of nitrogens with zero attached hydrogens (tertiary/aromatic N) is 1. The number of aromatic hydroxyl groups is 1. The Balaban J connectivity index is 1.91. The minimum Gasteiger partial charge on any atom is -0.504 e. The molecule has 1 unspecified atom stereocenters. The number of carbonyl (C=O) groups excluding carboxylic acids is 1. The highest BCUT2D eigenvalue weighted by atomic mass is 16.5. The van der Waals surface area contributed by atoms with Crippen LogP contribution in [0.1, 0.15) is 32.3 Å². The van der Waals surface area contributed by atoms with Gasteiger partial charge in [0, 0.05) is 26.2 Å². The molecule has 0 saturated carbocycles. The lowest BCUT2D eigenvalue weighted by atomic mass is 9.93. The van der Waals surface area contributed by atoms with Crippen LogP contribution >= 0.6 is 0 Å². The Kier molecular flexibility index (Phi) is 5.36. The largest absolute Gasteiger partial charge is 0.504 e. The Morgan fingerprint density at radius 3 is 2.91 bits per heavy atom. The molecule has 1 saturated heterocycles. The van der Waals surface area contributed by atoms with Gasteiger partial charge in [-0.2, -0.15) is 0 Å². The van der Waals surface area contributed by atoms with E-state index >= 15 is 0 Å². The molecule has 1 atom stereocenters. The van der Waals surface area contributed by atoms with Crippen LogP contribution in [0.3, 0.4) is 0 Å². The Morgan fingerprint density at radius 1 is 1.52 bits per heavy atom. The first-order chi connectivity index (χ1) is 10.8. The SMILES string of the molecule is COc1cc(CNC(=O)N(C)C2CCOC(C)(C)C2)ccc1O. The first kappa shape index (κ1) is 17.4. The van der Waals surface area contributed by atoms with Crippen LogP contribution < -0.4 is 10.1 Å². The fourth-order valence-electron chi connectivity index (χ4n) is 2.83. The zero-order valence-electron chi connectivity index (χ0n) is 14.3. The third-order valence-electron chi connectivity index (χ3n) is 4.23. The molecular formula is C17H26N2O4. The van der Waals surface area contributed by atoms with Crippen LogP contribution in [0.4, 0.5) is 4.79 Å². The number of urea groups is 1. The van der Waals surface area contributed by atoms with E-state index in [0.29, 0.717) is 18.9 Å². The summed E-state index contributed by atoms with van der Waals surface area (Å²) in [7, 11) is 3.32. The number of hydrogen-bond acceptors (Lipinski definition) is 4. The number of benzene rings is 1. The Morgan fingerprint density at radius 2 is 2.26 bits per heavy atom. The molecule has 0 bridgehead atoms. The lowest BCUT2D eigenvalue weighted by Gasteiger charge is -2.39. The second-order valence-electron chi connectivity index (χ2n) is 6.53. The highest BCUT2D eigenvalue weighted by Crippen LogP contribution is 2.27. The number of amides is 2. The number of nitrogens with one attached hydrogen (secondary N) is 1. The molecule has 1 fully saturated rings. The summed E-state index contributed by atoms with van der Waals surface area (Å²) < 4.78 is 10.8. The van der Waals surface area contributed by atoms with Gasteiger partial charge in [-0.15, -0.1) is 0 Å².